The Hall–Kier alpha value is -3.16. The summed E-state index contributed by atoms with van der Waals surface area (Å²) in [7, 11) is 0. The zero-order valence-electron chi connectivity index (χ0n) is 15.2. The van der Waals surface area contributed by atoms with E-state index >= 15 is 0 Å². The molecule has 2 aromatic heterocycles. The number of carbonyl (C=O) groups is 1. The first-order valence-electron chi connectivity index (χ1n) is 9.13. The molecule has 0 bridgehead atoms. The van der Waals surface area contributed by atoms with Gasteiger partial charge < -0.3 is 5.32 Å². The van der Waals surface area contributed by atoms with Crippen molar-refractivity contribution in [2.45, 2.75) is 45.2 Å². The van der Waals surface area contributed by atoms with Gasteiger partial charge in [0.2, 0.25) is 5.91 Å². The van der Waals surface area contributed by atoms with Crippen molar-refractivity contribution in [2.24, 2.45) is 0 Å². The molecule has 0 spiro atoms. The van der Waals surface area contributed by atoms with E-state index in [1.807, 2.05) is 37.3 Å². The largest absolute Gasteiger partial charge is 0.347 e. The molecule has 0 saturated heterocycles. The van der Waals surface area contributed by atoms with Crippen molar-refractivity contribution in [3.05, 3.63) is 65.0 Å². The first kappa shape index (κ1) is 17.3. The number of benzene rings is 1. The van der Waals surface area contributed by atoms with Crippen LogP contribution in [0.2, 0.25) is 0 Å². The van der Waals surface area contributed by atoms with Gasteiger partial charge in [-0.2, -0.15) is 0 Å². The fourth-order valence-electron chi connectivity index (χ4n) is 3.53. The number of amides is 1. The van der Waals surface area contributed by atoms with E-state index in [0.29, 0.717) is 5.82 Å². The van der Waals surface area contributed by atoms with Gasteiger partial charge in [0.05, 0.1) is 6.54 Å². The van der Waals surface area contributed by atoms with Crippen LogP contribution < -0.4 is 5.32 Å². The van der Waals surface area contributed by atoms with Gasteiger partial charge in [0.15, 0.2) is 6.04 Å². The summed E-state index contributed by atoms with van der Waals surface area (Å²) in [6.45, 7) is 2.30. The fraction of sp³-hybridized carbons (Fsp3) is 0.368. The van der Waals surface area contributed by atoms with Crippen LogP contribution in [0.4, 0.5) is 0 Å². The van der Waals surface area contributed by atoms with Crippen molar-refractivity contribution in [3.63, 3.8) is 0 Å². The van der Waals surface area contributed by atoms with Gasteiger partial charge in [-0.3, -0.25) is 4.79 Å². The molecule has 1 aliphatic carbocycles. The molecule has 3 aromatic rings. The lowest BCUT2D eigenvalue weighted by atomic mass is 9.95. The highest BCUT2D eigenvalue weighted by Gasteiger charge is 2.24. The second kappa shape index (κ2) is 7.61. The summed E-state index contributed by atoms with van der Waals surface area (Å²) in [5.74, 6) is 0.442. The number of fused-ring (bicyclic) bond motifs is 1. The maximum Gasteiger partial charge on any atom is 0.249 e. The van der Waals surface area contributed by atoms with Crippen LogP contribution in [0.1, 0.15) is 47.2 Å². The van der Waals surface area contributed by atoms with E-state index in [-0.39, 0.29) is 12.5 Å². The number of aromatic nitrogens is 6. The Morgan fingerprint density at radius 1 is 1.19 bits per heavy atom. The first-order chi connectivity index (χ1) is 13.2. The molecule has 0 unspecified atom stereocenters. The second-order valence-electron chi connectivity index (χ2n) is 6.68. The Labute approximate surface area is 157 Å². The number of nitrogens with zero attached hydrogens (tertiary/aromatic N) is 6. The van der Waals surface area contributed by atoms with Gasteiger partial charge in [-0.15, -0.1) is 5.10 Å². The van der Waals surface area contributed by atoms with Gasteiger partial charge in [-0.05, 0) is 54.2 Å². The van der Waals surface area contributed by atoms with Crippen LogP contribution in [-0.2, 0) is 24.2 Å². The molecule has 1 atom stereocenters. The van der Waals surface area contributed by atoms with Crippen LogP contribution >= 0.6 is 0 Å². The molecule has 8 heteroatoms. The Bertz CT molecular complexity index is 925. The quantitative estimate of drug-likeness (QED) is 0.739. The molecule has 138 valence electrons. The summed E-state index contributed by atoms with van der Waals surface area (Å²) in [6, 6.07) is 8.80. The number of carbonyl (C=O) groups excluding carboxylic acids is 1. The molecule has 0 fully saturated rings. The van der Waals surface area contributed by atoms with Crippen LogP contribution in [0.5, 0.6) is 0 Å². The summed E-state index contributed by atoms with van der Waals surface area (Å²) >= 11 is 0. The average Bonchev–Trinajstić information content (AvgIpc) is 3.22. The topological polar surface area (TPSA) is 98.5 Å². The minimum Gasteiger partial charge on any atom is -0.347 e. The standard InChI is InChI=1S/C19H21N7O/c1-13-15-9-5-6-10-16(15)23-17(22-13)11-20-19(27)18(26-12-21-24-25-26)14-7-3-2-4-8-14/h2-4,7-8,12,18H,5-6,9-11H2,1H3,(H,20,27)/t18-/m1/s1. The van der Waals surface area contributed by atoms with Gasteiger partial charge in [0, 0.05) is 11.4 Å². The normalized spacial score (nSPS) is 14.4. The summed E-state index contributed by atoms with van der Waals surface area (Å²) < 4.78 is 1.45. The summed E-state index contributed by atoms with van der Waals surface area (Å²) in [5, 5.41) is 14.2. The predicted molar refractivity (Wildman–Crippen MR) is 97.7 cm³/mol. The fourth-order valence-corrected chi connectivity index (χ4v) is 3.53. The molecule has 4 rings (SSSR count). The predicted octanol–water partition coefficient (Wildman–Crippen LogP) is 1.56. The maximum atomic E-state index is 12.9. The van der Waals surface area contributed by atoms with E-state index in [9.17, 15) is 4.79 Å². The number of aryl methyl sites for hydroxylation is 2. The second-order valence-corrected chi connectivity index (χ2v) is 6.68. The van der Waals surface area contributed by atoms with Crippen molar-refractivity contribution < 1.29 is 4.79 Å². The lowest BCUT2D eigenvalue weighted by molar-refractivity contribution is -0.123. The van der Waals surface area contributed by atoms with Gasteiger partial charge in [0.1, 0.15) is 12.2 Å². The highest BCUT2D eigenvalue weighted by Crippen LogP contribution is 2.22. The summed E-state index contributed by atoms with van der Waals surface area (Å²) in [6.07, 6.45) is 5.82. The average molecular weight is 363 g/mol. The van der Waals surface area contributed by atoms with Crippen molar-refractivity contribution in [2.75, 3.05) is 0 Å². The van der Waals surface area contributed by atoms with Gasteiger partial charge in [-0.25, -0.2) is 14.6 Å². The molecule has 27 heavy (non-hydrogen) atoms. The van der Waals surface area contributed by atoms with Crippen molar-refractivity contribution in [1.29, 1.82) is 0 Å². The van der Waals surface area contributed by atoms with Gasteiger partial charge in [-0.1, -0.05) is 30.3 Å². The number of hydrogen-bond acceptors (Lipinski definition) is 6. The van der Waals surface area contributed by atoms with Crippen molar-refractivity contribution in [3.8, 4) is 0 Å². The highest BCUT2D eigenvalue weighted by molar-refractivity contribution is 5.83. The lowest BCUT2D eigenvalue weighted by Gasteiger charge is -2.19. The zero-order chi connectivity index (χ0) is 18.6. The molecule has 1 aliphatic rings. The van der Waals surface area contributed by atoms with Crippen LogP contribution in [0, 0.1) is 6.92 Å². The van der Waals surface area contributed by atoms with Crippen LogP contribution in [0.25, 0.3) is 0 Å². The molecule has 0 aliphatic heterocycles. The Morgan fingerprint density at radius 3 is 2.78 bits per heavy atom. The van der Waals surface area contributed by atoms with Crippen molar-refractivity contribution >= 4 is 5.91 Å². The maximum absolute atomic E-state index is 12.9. The number of rotatable bonds is 5. The number of hydrogen-bond donors (Lipinski definition) is 1. The molecule has 8 nitrogen and oxygen atoms in total. The zero-order valence-corrected chi connectivity index (χ0v) is 15.2. The first-order valence-corrected chi connectivity index (χ1v) is 9.13. The molecular formula is C19H21N7O. The molecule has 0 radical (unpaired) electrons. The van der Waals surface area contributed by atoms with Crippen molar-refractivity contribution in [1.82, 2.24) is 35.5 Å². The SMILES string of the molecule is Cc1nc(CNC(=O)[C@@H](c2ccccc2)n2cnnn2)nc2c1CCCC2. The van der Waals surface area contributed by atoms with E-state index in [2.05, 4.69) is 30.8 Å². The van der Waals surface area contributed by atoms with Gasteiger partial charge >= 0.3 is 0 Å². The summed E-state index contributed by atoms with van der Waals surface area (Å²) in [5.41, 5.74) is 4.22. The van der Waals surface area contributed by atoms with E-state index in [4.69, 9.17) is 0 Å². The Balaban J connectivity index is 1.53. The molecular weight excluding hydrogens is 342 g/mol. The van der Waals surface area contributed by atoms with Crippen LogP contribution in [0.15, 0.2) is 36.7 Å². The highest BCUT2D eigenvalue weighted by atomic mass is 16.2. The summed E-state index contributed by atoms with van der Waals surface area (Å²) in [4.78, 5) is 22.2. The van der Waals surface area contributed by atoms with Gasteiger partial charge in [0.25, 0.3) is 0 Å². The number of tetrazole rings is 1. The van der Waals surface area contributed by atoms with E-state index < -0.39 is 6.04 Å². The lowest BCUT2D eigenvalue weighted by Crippen LogP contribution is -2.34. The molecule has 0 saturated carbocycles. The Morgan fingerprint density at radius 2 is 2.00 bits per heavy atom. The molecule has 1 N–H and O–H groups in total. The van der Waals surface area contributed by atoms with E-state index in [0.717, 1.165) is 36.2 Å². The smallest absolute Gasteiger partial charge is 0.249 e. The monoisotopic (exact) mass is 363 g/mol. The molecule has 1 aromatic carbocycles. The van der Waals surface area contributed by atoms with Crippen LogP contribution in [0.3, 0.4) is 0 Å². The third kappa shape index (κ3) is 3.69. The molecule has 1 amide bonds. The third-order valence-corrected chi connectivity index (χ3v) is 4.85. The van der Waals surface area contributed by atoms with E-state index in [1.54, 1.807) is 0 Å². The minimum atomic E-state index is -0.639. The Kier molecular flexibility index (Phi) is 4.86. The minimum absolute atomic E-state index is 0.201. The molecule has 2 heterocycles. The van der Waals surface area contributed by atoms with E-state index in [1.165, 1.54) is 23.0 Å². The third-order valence-electron chi connectivity index (χ3n) is 4.85. The van der Waals surface area contributed by atoms with Crippen LogP contribution in [-0.4, -0.2) is 36.1 Å². The number of nitrogens with one attached hydrogen (secondary N) is 1.